The fraction of sp³-hybridized carbons (Fsp3) is 0.238. The first-order valence-corrected chi connectivity index (χ1v) is 9.32. The molecule has 1 aliphatic heterocycles. The second kappa shape index (κ2) is 6.25. The minimum Gasteiger partial charge on any atom is -0.397 e. The van der Waals surface area contributed by atoms with Gasteiger partial charge in [0.05, 0.1) is 22.2 Å². The van der Waals surface area contributed by atoms with Gasteiger partial charge < -0.3 is 21.0 Å². The van der Waals surface area contributed by atoms with Crippen LogP contribution >= 0.6 is 0 Å². The highest BCUT2D eigenvalue weighted by molar-refractivity contribution is 5.97. The summed E-state index contributed by atoms with van der Waals surface area (Å²) in [6.07, 6.45) is 2.31. The fourth-order valence-corrected chi connectivity index (χ4v) is 4.12. The minimum atomic E-state index is -0.230. The second-order valence-corrected chi connectivity index (χ2v) is 7.16. The highest BCUT2D eigenvalue weighted by Gasteiger charge is 2.21. The molecule has 0 amide bonds. The molecule has 5 N–H and O–H groups in total. The highest BCUT2D eigenvalue weighted by atomic mass is 16.1. The number of piperidine rings is 1. The van der Waals surface area contributed by atoms with E-state index in [1.54, 1.807) is 0 Å². The first kappa shape index (κ1) is 16.1. The van der Waals surface area contributed by atoms with E-state index < -0.39 is 0 Å². The Kier molecular flexibility index (Phi) is 3.72. The number of nitrogens with two attached hydrogens (primary N) is 1. The molecule has 1 atom stereocenters. The first-order valence-electron chi connectivity index (χ1n) is 9.32. The minimum absolute atomic E-state index is 0.230. The largest absolute Gasteiger partial charge is 0.397 e. The molecule has 0 aliphatic carbocycles. The number of anilines is 1. The molecule has 4 aromatic rings. The maximum atomic E-state index is 12.7. The lowest BCUT2D eigenvalue weighted by Crippen LogP contribution is -2.28. The van der Waals surface area contributed by atoms with E-state index in [9.17, 15) is 4.79 Å². The maximum Gasteiger partial charge on any atom is 0.261 e. The summed E-state index contributed by atoms with van der Waals surface area (Å²) in [5.74, 6) is 0.955. The zero-order valence-corrected chi connectivity index (χ0v) is 14.9. The van der Waals surface area contributed by atoms with Gasteiger partial charge in [-0.25, -0.2) is 4.98 Å². The monoisotopic (exact) mass is 359 g/mol. The quantitative estimate of drug-likeness (QED) is 0.442. The number of aromatic amines is 2. The maximum absolute atomic E-state index is 12.7. The Labute approximate surface area is 155 Å². The lowest BCUT2D eigenvalue weighted by Gasteiger charge is -2.23. The van der Waals surface area contributed by atoms with E-state index in [0.29, 0.717) is 23.0 Å². The van der Waals surface area contributed by atoms with Crippen LogP contribution in [0.5, 0.6) is 0 Å². The smallest absolute Gasteiger partial charge is 0.261 e. The molecular weight excluding hydrogens is 338 g/mol. The van der Waals surface area contributed by atoms with Crippen LogP contribution in [0.1, 0.15) is 24.3 Å². The molecule has 6 nitrogen and oxygen atoms in total. The lowest BCUT2D eigenvalue weighted by molar-refractivity contribution is 0.463. The summed E-state index contributed by atoms with van der Waals surface area (Å²) in [4.78, 5) is 23.7. The molecule has 5 rings (SSSR count). The van der Waals surface area contributed by atoms with Crippen molar-refractivity contribution in [3.8, 4) is 11.4 Å². The molecular formula is C21H21N5O. The summed E-state index contributed by atoms with van der Waals surface area (Å²) >= 11 is 0. The van der Waals surface area contributed by atoms with Crippen molar-refractivity contribution in [3.05, 3.63) is 58.4 Å². The van der Waals surface area contributed by atoms with E-state index in [2.05, 4.69) is 21.4 Å². The van der Waals surface area contributed by atoms with Crippen LogP contribution in [0.4, 0.5) is 5.69 Å². The van der Waals surface area contributed by atoms with E-state index in [4.69, 9.17) is 10.7 Å². The first-order chi connectivity index (χ1) is 13.2. The van der Waals surface area contributed by atoms with Crippen molar-refractivity contribution in [3.63, 3.8) is 0 Å². The molecule has 2 aromatic carbocycles. The normalized spacial score (nSPS) is 17.6. The summed E-state index contributed by atoms with van der Waals surface area (Å²) in [5, 5.41) is 4.29. The topological polar surface area (TPSA) is 99.6 Å². The Hall–Kier alpha value is -3.12. The summed E-state index contributed by atoms with van der Waals surface area (Å²) in [6.45, 7) is 2.03. The SMILES string of the molecule is Nc1c(-c2nc3c(C4CCCNC4)cccc3[nH]2)c(=O)[nH]c2ccccc12. The zero-order chi connectivity index (χ0) is 18.4. The predicted molar refractivity (Wildman–Crippen MR) is 109 cm³/mol. The molecule has 0 spiro atoms. The van der Waals surface area contributed by atoms with Gasteiger partial charge in [0, 0.05) is 11.9 Å². The number of pyridine rings is 1. The van der Waals surface area contributed by atoms with Crippen molar-refractivity contribution < 1.29 is 0 Å². The van der Waals surface area contributed by atoms with E-state index >= 15 is 0 Å². The number of nitrogens with one attached hydrogen (secondary N) is 3. The Morgan fingerprint density at radius 2 is 1.89 bits per heavy atom. The van der Waals surface area contributed by atoms with Crippen LogP contribution in [0, 0.1) is 0 Å². The van der Waals surface area contributed by atoms with Gasteiger partial charge in [0.2, 0.25) is 0 Å². The standard InChI is InChI=1S/C21H21N5O/c22-18-14-6-1-2-8-15(14)25-21(27)17(18)20-24-16-9-3-7-13(19(16)26-20)12-5-4-10-23-11-12/h1-3,6-9,12,23H,4-5,10-11H2,(H,24,26)(H3,22,25,27). The number of imidazole rings is 1. The second-order valence-electron chi connectivity index (χ2n) is 7.16. The third kappa shape index (κ3) is 2.61. The van der Waals surface area contributed by atoms with Gasteiger partial charge in [-0.15, -0.1) is 0 Å². The van der Waals surface area contributed by atoms with Crippen molar-refractivity contribution >= 4 is 27.6 Å². The fourth-order valence-electron chi connectivity index (χ4n) is 4.12. The van der Waals surface area contributed by atoms with Crippen molar-refractivity contribution in [2.75, 3.05) is 18.8 Å². The predicted octanol–water partition coefficient (Wildman–Crippen LogP) is 3.12. The average molecular weight is 359 g/mol. The zero-order valence-electron chi connectivity index (χ0n) is 14.9. The third-order valence-electron chi connectivity index (χ3n) is 5.48. The van der Waals surface area contributed by atoms with Crippen molar-refractivity contribution in [1.82, 2.24) is 20.3 Å². The number of H-pyrrole nitrogens is 2. The van der Waals surface area contributed by atoms with Crippen LogP contribution in [0.3, 0.4) is 0 Å². The Bertz CT molecular complexity index is 1200. The summed E-state index contributed by atoms with van der Waals surface area (Å²) < 4.78 is 0. The van der Waals surface area contributed by atoms with Crippen molar-refractivity contribution in [2.24, 2.45) is 0 Å². The molecule has 136 valence electrons. The van der Waals surface area contributed by atoms with Crippen molar-refractivity contribution in [2.45, 2.75) is 18.8 Å². The molecule has 3 heterocycles. The van der Waals surface area contributed by atoms with Crippen molar-refractivity contribution in [1.29, 1.82) is 0 Å². The summed E-state index contributed by atoms with van der Waals surface area (Å²) in [6, 6.07) is 13.7. The number of hydrogen-bond donors (Lipinski definition) is 4. The van der Waals surface area contributed by atoms with Crippen LogP contribution in [0.15, 0.2) is 47.3 Å². The average Bonchev–Trinajstić information content (AvgIpc) is 3.12. The van der Waals surface area contributed by atoms with Gasteiger partial charge in [-0.05, 0) is 43.0 Å². The molecule has 1 aliphatic rings. The van der Waals surface area contributed by atoms with Crippen LogP contribution < -0.4 is 16.6 Å². The van der Waals surface area contributed by atoms with E-state index in [-0.39, 0.29) is 5.56 Å². The molecule has 2 aromatic heterocycles. The summed E-state index contributed by atoms with van der Waals surface area (Å²) in [5.41, 5.74) is 10.8. The van der Waals surface area contributed by atoms with Gasteiger partial charge in [-0.1, -0.05) is 30.3 Å². The number of aromatic nitrogens is 3. The van der Waals surface area contributed by atoms with Gasteiger partial charge in [-0.3, -0.25) is 4.79 Å². The number of para-hydroxylation sites is 2. The summed E-state index contributed by atoms with van der Waals surface area (Å²) in [7, 11) is 0. The number of fused-ring (bicyclic) bond motifs is 2. The van der Waals surface area contributed by atoms with Gasteiger partial charge in [-0.2, -0.15) is 0 Å². The van der Waals surface area contributed by atoms with Gasteiger partial charge >= 0.3 is 0 Å². The van der Waals surface area contributed by atoms with Crippen LogP contribution in [-0.4, -0.2) is 28.0 Å². The molecule has 0 bridgehead atoms. The molecule has 1 saturated heterocycles. The Morgan fingerprint density at radius 1 is 1.04 bits per heavy atom. The molecule has 27 heavy (non-hydrogen) atoms. The number of hydrogen-bond acceptors (Lipinski definition) is 4. The van der Waals surface area contributed by atoms with Crippen LogP contribution in [0.25, 0.3) is 33.3 Å². The Morgan fingerprint density at radius 3 is 2.74 bits per heavy atom. The van der Waals surface area contributed by atoms with E-state index in [1.807, 2.05) is 36.4 Å². The number of nitrogens with zero attached hydrogens (tertiary/aromatic N) is 1. The molecule has 6 heteroatoms. The third-order valence-corrected chi connectivity index (χ3v) is 5.48. The lowest BCUT2D eigenvalue weighted by atomic mass is 9.91. The molecule has 1 unspecified atom stereocenters. The van der Waals surface area contributed by atoms with E-state index in [0.717, 1.165) is 47.9 Å². The molecule has 0 radical (unpaired) electrons. The number of nitrogen functional groups attached to an aromatic ring is 1. The van der Waals surface area contributed by atoms with Gasteiger partial charge in [0.25, 0.3) is 5.56 Å². The van der Waals surface area contributed by atoms with Gasteiger partial charge in [0.1, 0.15) is 11.4 Å². The van der Waals surface area contributed by atoms with Crippen LogP contribution in [0.2, 0.25) is 0 Å². The Balaban J connectivity index is 1.70. The van der Waals surface area contributed by atoms with Crippen LogP contribution in [-0.2, 0) is 0 Å². The van der Waals surface area contributed by atoms with Gasteiger partial charge in [0.15, 0.2) is 0 Å². The van der Waals surface area contributed by atoms with E-state index in [1.165, 1.54) is 5.56 Å². The highest BCUT2D eigenvalue weighted by Crippen LogP contribution is 2.32. The number of rotatable bonds is 2. The number of benzene rings is 2. The molecule has 1 fully saturated rings. The molecule has 0 saturated carbocycles.